The van der Waals surface area contributed by atoms with E-state index in [0.29, 0.717) is 5.69 Å². The predicted octanol–water partition coefficient (Wildman–Crippen LogP) is 3.09. The summed E-state index contributed by atoms with van der Waals surface area (Å²) < 4.78 is 44.3. The second-order valence-corrected chi connectivity index (χ2v) is 5.26. The quantitative estimate of drug-likeness (QED) is 0.837. The van der Waals surface area contributed by atoms with E-state index in [1.807, 2.05) is 0 Å². The Labute approximate surface area is 141 Å². The number of amides is 1. The van der Waals surface area contributed by atoms with Crippen molar-refractivity contribution in [3.8, 4) is 5.69 Å². The zero-order chi connectivity index (χ0) is 18.6. The van der Waals surface area contributed by atoms with Gasteiger partial charge in [-0.15, -0.1) is 0 Å². The van der Waals surface area contributed by atoms with E-state index in [9.17, 15) is 22.8 Å². The maximum atomic E-state index is 12.9. The second kappa shape index (κ2) is 7.37. The van der Waals surface area contributed by atoms with Crippen LogP contribution in [-0.2, 0) is 20.5 Å². The summed E-state index contributed by atoms with van der Waals surface area (Å²) in [5.41, 5.74) is -0.145. The van der Waals surface area contributed by atoms with Crippen LogP contribution < -0.4 is 5.32 Å². The number of rotatable bonds is 5. The molecule has 1 aromatic carbocycles. The summed E-state index contributed by atoms with van der Waals surface area (Å²) in [5.74, 6) is -0.789. The smallest absolute Gasteiger partial charge is 0.416 e. The van der Waals surface area contributed by atoms with Gasteiger partial charge in [-0.05, 0) is 25.1 Å². The fourth-order valence-electron chi connectivity index (χ4n) is 2.12. The van der Waals surface area contributed by atoms with Crippen molar-refractivity contribution in [3.05, 3.63) is 41.6 Å². The minimum absolute atomic E-state index is 0.0982. The van der Waals surface area contributed by atoms with E-state index in [-0.39, 0.29) is 24.3 Å². The molecule has 134 valence electrons. The molecule has 1 amide bonds. The van der Waals surface area contributed by atoms with Gasteiger partial charge in [-0.2, -0.15) is 18.3 Å². The first kappa shape index (κ1) is 18.5. The number of nitrogens with zero attached hydrogens (tertiary/aromatic N) is 2. The highest BCUT2D eigenvalue weighted by Crippen LogP contribution is 2.31. The van der Waals surface area contributed by atoms with Gasteiger partial charge in [0.2, 0.25) is 5.91 Å². The molecule has 2 aromatic rings. The van der Waals surface area contributed by atoms with Crippen molar-refractivity contribution in [2.75, 3.05) is 12.4 Å². The molecule has 1 heterocycles. The fourth-order valence-corrected chi connectivity index (χ4v) is 2.12. The summed E-state index contributed by atoms with van der Waals surface area (Å²) in [7, 11) is 1.21. The van der Waals surface area contributed by atoms with Crippen LogP contribution in [0.2, 0.25) is 0 Å². The molecule has 9 heteroatoms. The third-order valence-electron chi connectivity index (χ3n) is 3.30. The molecule has 1 N–H and O–H groups in total. The van der Waals surface area contributed by atoms with Crippen molar-refractivity contribution in [2.24, 2.45) is 0 Å². The van der Waals surface area contributed by atoms with Gasteiger partial charge in [0.05, 0.1) is 30.5 Å². The number of methoxy groups -OCH3 is 1. The van der Waals surface area contributed by atoms with Gasteiger partial charge in [0, 0.05) is 12.5 Å². The molecule has 6 nitrogen and oxygen atoms in total. The first-order valence-electron chi connectivity index (χ1n) is 7.31. The molecule has 0 unspecified atom stereocenters. The van der Waals surface area contributed by atoms with Crippen molar-refractivity contribution in [1.29, 1.82) is 0 Å². The highest BCUT2D eigenvalue weighted by molar-refractivity contribution is 5.92. The van der Waals surface area contributed by atoms with E-state index in [2.05, 4.69) is 15.2 Å². The predicted molar refractivity (Wildman–Crippen MR) is 83.2 cm³/mol. The topological polar surface area (TPSA) is 73.2 Å². The van der Waals surface area contributed by atoms with Gasteiger partial charge in [0.1, 0.15) is 5.82 Å². The Morgan fingerprint density at radius 2 is 1.96 bits per heavy atom. The van der Waals surface area contributed by atoms with Crippen molar-refractivity contribution < 1.29 is 27.5 Å². The van der Waals surface area contributed by atoms with Crippen LogP contribution in [0.15, 0.2) is 30.3 Å². The van der Waals surface area contributed by atoms with Crippen molar-refractivity contribution in [3.63, 3.8) is 0 Å². The Kier molecular flexibility index (Phi) is 5.45. The summed E-state index contributed by atoms with van der Waals surface area (Å²) in [6.45, 7) is 1.65. The average Bonchev–Trinajstić information content (AvgIpc) is 2.92. The third-order valence-corrected chi connectivity index (χ3v) is 3.30. The SMILES string of the molecule is COC(=O)CCC(=O)Nc1cc(C)nn1-c1cccc(C(F)(F)F)c1. The number of anilines is 1. The highest BCUT2D eigenvalue weighted by atomic mass is 19.4. The van der Waals surface area contributed by atoms with Gasteiger partial charge < -0.3 is 10.1 Å². The average molecular weight is 355 g/mol. The lowest BCUT2D eigenvalue weighted by Crippen LogP contribution is -2.16. The highest BCUT2D eigenvalue weighted by Gasteiger charge is 2.30. The fraction of sp³-hybridized carbons (Fsp3) is 0.312. The Morgan fingerprint density at radius 1 is 1.24 bits per heavy atom. The molecule has 1 aromatic heterocycles. The van der Waals surface area contributed by atoms with Gasteiger partial charge in [-0.3, -0.25) is 9.59 Å². The summed E-state index contributed by atoms with van der Waals surface area (Å²) in [4.78, 5) is 23.0. The van der Waals surface area contributed by atoms with Gasteiger partial charge in [0.15, 0.2) is 0 Å². The van der Waals surface area contributed by atoms with Gasteiger partial charge in [0.25, 0.3) is 0 Å². The Hall–Kier alpha value is -2.84. The first-order valence-corrected chi connectivity index (χ1v) is 7.31. The number of carbonyl (C=O) groups is 2. The molecule has 0 radical (unpaired) electrons. The molecule has 0 fully saturated rings. The van der Waals surface area contributed by atoms with Crippen LogP contribution in [-0.4, -0.2) is 28.8 Å². The molecule has 0 atom stereocenters. The van der Waals surface area contributed by atoms with E-state index in [1.54, 1.807) is 6.92 Å². The Morgan fingerprint density at radius 3 is 2.60 bits per heavy atom. The number of esters is 1. The van der Waals surface area contributed by atoms with Crippen molar-refractivity contribution in [1.82, 2.24) is 9.78 Å². The van der Waals surface area contributed by atoms with E-state index < -0.39 is 23.6 Å². The minimum Gasteiger partial charge on any atom is -0.469 e. The first-order chi connectivity index (χ1) is 11.7. The lowest BCUT2D eigenvalue weighted by molar-refractivity contribution is -0.141. The molecule has 25 heavy (non-hydrogen) atoms. The Balaban J connectivity index is 2.24. The number of aromatic nitrogens is 2. The maximum absolute atomic E-state index is 12.9. The van der Waals surface area contributed by atoms with E-state index in [1.165, 1.54) is 30.0 Å². The Bertz CT molecular complexity index is 784. The maximum Gasteiger partial charge on any atom is 0.416 e. The van der Waals surface area contributed by atoms with Crippen molar-refractivity contribution in [2.45, 2.75) is 25.9 Å². The van der Waals surface area contributed by atoms with Gasteiger partial charge in [-0.1, -0.05) is 6.07 Å². The number of benzene rings is 1. The van der Waals surface area contributed by atoms with Crippen LogP contribution in [0.1, 0.15) is 24.1 Å². The van der Waals surface area contributed by atoms with Crippen LogP contribution in [0.4, 0.5) is 19.0 Å². The van der Waals surface area contributed by atoms with E-state index >= 15 is 0 Å². The monoisotopic (exact) mass is 355 g/mol. The number of ether oxygens (including phenoxy) is 1. The molecule has 2 rings (SSSR count). The third kappa shape index (κ3) is 4.82. The van der Waals surface area contributed by atoms with E-state index in [0.717, 1.165) is 12.1 Å². The zero-order valence-corrected chi connectivity index (χ0v) is 13.6. The molecule has 0 aliphatic carbocycles. The summed E-state index contributed by atoms with van der Waals surface area (Å²) in [6, 6.07) is 6.13. The molecule has 0 saturated heterocycles. The number of alkyl halides is 3. The summed E-state index contributed by atoms with van der Waals surface area (Å²) in [6.07, 6.45) is -4.69. The van der Waals surface area contributed by atoms with Crippen LogP contribution in [0.5, 0.6) is 0 Å². The van der Waals surface area contributed by atoms with Gasteiger partial charge >= 0.3 is 12.1 Å². The summed E-state index contributed by atoms with van der Waals surface area (Å²) >= 11 is 0. The molecule has 0 spiro atoms. The number of nitrogens with one attached hydrogen (secondary N) is 1. The summed E-state index contributed by atoms with van der Waals surface area (Å²) in [5, 5.41) is 6.65. The number of carbonyl (C=O) groups excluding carboxylic acids is 2. The lowest BCUT2D eigenvalue weighted by Gasteiger charge is -2.11. The van der Waals surface area contributed by atoms with Crippen LogP contribution in [0.3, 0.4) is 0 Å². The molecule has 0 bridgehead atoms. The minimum atomic E-state index is -4.48. The molecule has 0 aliphatic rings. The van der Waals surface area contributed by atoms with Crippen LogP contribution in [0.25, 0.3) is 5.69 Å². The number of aryl methyl sites for hydroxylation is 1. The number of hydrogen-bond acceptors (Lipinski definition) is 4. The number of hydrogen-bond donors (Lipinski definition) is 1. The lowest BCUT2D eigenvalue weighted by atomic mass is 10.2. The molecular formula is C16H16F3N3O3. The van der Waals surface area contributed by atoms with Crippen LogP contribution >= 0.6 is 0 Å². The standard InChI is InChI=1S/C16H16F3N3O3/c1-10-8-13(20-14(23)6-7-15(24)25-2)22(21-10)12-5-3-4-11(9-12)16(17,18)19/h3-5,8-9H,6-7H2,1-2H3,(H,20,23). The zero-order valence-electron chi connectivity index (χ0n) is 13.6. The molecule has 0 aliphatic heterocycles. The number of halogens is 3. The van der Waals surface area contributed by atoms with Crippen LogP contribution in [0, 0.1) is 6.92 Å². The normalized spacial score (nSPS) is 11.2. The second-order valence-electron chi connectivity index (χ2n) is 5.26. The van der Waals surface area contributed by atoms with E-state index in [4.69, 9.17) is 0 Å². The van der Waals surface area contributed by atoms with Gasteiger partial charge in [-0.25, -0.2) is 4.68 Å². The molecular weight excluding hydrogens is 339 g/mol. The van der Waals surface area contributed by atoms with Crippen molar-refractivity contribution >= 4 is 17.7 Å². The molecule has 0 saturated carbocycles. The largest absolute Gasteiger partial charge is 0.469 e.